The first-order chi connectivity index (χ1) is 9.33. The van der Waals surface area contributed by atoms with Gasteiger partial charge in [0.15, 0.2) is 5.82 Å². The molecule has 1 aromatic carbocycles. The van der Waals surface area contributed by atoms with Gasteiger partial charge in [0.2, 0.25) is 0 Å². The summed E-state index contributed by atoms with van der Waals surface area (Å²) >= 11 is 0. The molecule has 2 aliphatic rings. The van der Waals surface area contributed by atoms with Crippen molar-refractivity contribution in [2.75, 3.05) is 0 Å². The molecule has 4 unspecified atom stereocenters. The second-order valence-corrected chi connectivity index (χ2v) is 5.85. The van der Waals surface area contributed by atoms with Crippen LogP contribution in [-0.4, -0.2) is 21.2 Å². The first-order valence-corrected chi connectivity index (χ1v) is 7.06. The molecule has 0 aliphatic heterocycles. The van der Waals surface area contributed by atoms with Gasteiger partial charge in [0.1, 0.15) is 5.82 Å². The Kier molecular flexibility index (Phi) is 2.45. The van der Waals surface area contributed by atoms with Crippen LogP contribution in [0.2, 0.25) is 0 Å². The first-order valence-electron chi connectivity index (χ1n) is 7.06. The first kappa shape index (κ1) is 11.2. The molecule has 19 heavy (non-hydrogen) atoms. The summed E-state index contributed by atoms with van der Waals surface area (Å²) in [7, 11) is 0. The number of hydrogen-bond donors (Lipinski definition) is 2. The molecule has 4 nitrogen and oxygen atoms in total. The zero-order valence-electron chi connectivity index (χ0n) is 10.8. The predicted molar refractivity (Wildman–Crippen MR) is 73.4 cm³/mol. The molecule has 0 amide bonds. The zero-order chi connectivity index (χ0) is 12.8. The highest BCUT2D eigenvalue weighted by atomic mass is 15.2. The summed E-state index contributed by atoms with van der Waals surface area (Å²) in [5.41, 5.74) is 7.41. The van der Waals surface area contributed by atoms with Gasteiger partial charge in [-0.3, -0.25) is 5.10 Å². The van der Waals surface area contributed by atoms with Crippen molar-refractivity contribution in [3.8, 4) is 11.4 Å². The molecule has 2 fully saturated rings. The van der Waals surface area contributed by atoms with Crippen LogP contribution in [0.5, 0.6) is 0 Å². The number of nitrogens with zero attached hydrogens (tertiary/aromatic N) is 2. The predicted octanol–water partition coefficient (Wildman–Crippen LogP) is 2.31. The normalized spacial score (nSPS) is 32.9. The van der Waals surface area contributed by atoms with E-state index in [9.17, 15) is 0 Å². The summed E-state index contributed by atoms with van der Waals surface area (Å²) in [6.07, 6.45) is 3.86. The van der Waals surface area contributed by atoms with Gasteiger partial charge < -0.3 is 5.73 Å². The fourth-order valence-electron chi connectivity index (χ4n) is 3.88. The van der Waals surface area contributed by atoms with Crippen molar-refractivity contribution < 1.29 is 0 Å². The van der Waals surface area contributed by atoms with Crippen LogP contribution in [0, 0.1) is 11.8 Å². The van der Waals surface area contributed by atoms with Gasteiger partial charge in [-0.05, 0) is 31.1 Å². The van der Waals surface area contributed by atoms with Crippen molar-refractivity contribution in [1.29, 1.82) is 0 Å². The maximum absolute atomic E-state index is 6.36. The van der Waals surface area contributed by atoms with Gasteiger partial charge in [0, 0.05) is 17.5 Å². The number of nitrogens with two attached hydrogens (primary N) is 1. The molecule has 98 valence electrons. The molecule has 0 radical (unpaired) electrons. The monoisotopic (exact) mass is 254 g/mol. The Morgan fingerprint density at radius 2 is 1.89 bits per heavy atom. The van der Waals surface area contributed by atoms with Crippen LogP contribution < -0.4 is 5.73 Å². The third-order valence-electron chi connectivity index (χ3n) is 4.83. The van der Waals surface area contributed by atoms with Crippen LogP contribution in [0.15, 0.2) is 30.3 Å². The summed E-state index contributed by atoms with van der Waals surface area (Å²) in [5, 5.41) is 7.48. The zero-order valence-corrected chi connectivity index (χ0v) is 10.8. The van der Waals surface area contributed by atoms with Crippen LogP contribution >= 0.6 is 0 Å². The Hall–Kier alpha value is -1.68. The molecular formula is C15H18N4. The van der Waals surface area contributed by atoms with E-state index in [0.29, 0.717) is 17.8 Å². The third-order valence-corrected chi connectivity index (χ3v) is 4.83. The molecule has 0 saturated heterocycles. The maximum Gasteiger partial charge on any atom is 0.181 e. The Bertz CT molecular complexity index is 575. The van der Waals surface area contributed by atoms with E-state index in [1.54, 1.807) is 0 Å². The number of fused-ring (bicyclic) bond motifs is 2. The number of benzene rings is 1. The Morgan fingerprint density at radius 1 is 1.11 bits per heavy atom. The lowest BCUT2D eigenvalue weighted by atomic mass is 9.84. The van der Waals surface area contributed by atoms with Gasteiger partial charge in [-0.2, -0.15) is 5.10 Å². The van der Waals surface area contributed by atoms with E-state index < -0.39 is 0 Å². The molecule has 2 aromatic rings. The lowest BCUT2D eigenvalue weighted by Gasteiger charge is -2.25. The summed E-state index contributed by atoms with van der Waals surface area (Å²) in [5.74, 6) is 3.55. The summed E-state index contributed by atoms with van der Waals surface area (Å²) in [4.78, 5) is 4.68. The molecular weight excluding hydrogens is 236 g/mol. The summed E-state index contributed by atoms with van der Waals surface area (Å²) < 4.78 is 0. The smallest absolute Gasteiger partial charge is 0.181 e. The Morgan fingerprint density at radius 3 is 2.63 bits per heavy atom. The summed E-state index contributed by atoms with van der Waals surface area (Å²) in [6, 6.07) is 10.4. The topological polar surface area (TPSA) is 67.6 Å². The quantitative estimate of drug-likeness (QED) is 0.864. The second-order valence-electron chi connectivity index (χ2n) is 5.85. The SMILES string of the molecule is NC1C2CCC(C2)C1c1nc(-c2ccccc2)n[nH]1. The van der Waals surface area contributed by atoms with Gasteiger partial charge in [0.05, 0.1) is 0 Å². The van der Waals surface area contributed by atoms with E-state index in [-0.39, 0.29) is 6.04 Å². The Balaban J connectivity index is 1.65. The van der Waals surface area contributed by atoms with Crippen molar-refractivity contribution in [3.05, 3.63) is 36.2 Å². The van der Waals surface area contributed by atoms with E-state index in [4.69, 9.17) is 5.73 Å². The van der Waals surface area contributed by atoms with Crippen LogP contribution in [0.4, 0.5) is 0 Å². The van der Waals surface area contributed by atoms with Crippen molar-refractivity contribution >= 4 is 0 Å². The van der Waals surface area contributed by atoms with Crippen LogP contribution in [0.25, 0.3) is 11.4 Å². The molecule has 1 heterocycles. The van der Waals surface area contributed by atoms with E-state index >= 15 is 0 Å². The highest BCUT2D eigenvalue weighted by Gasteiger charge is 2.47. The average Bonchev–Trinajstić information content (AvgIpc) is 3.14. The minimum Gasteiger partial charge on any atom is -0.327 e. The van der Waals surface area contributed by atoms with E-state index in [1.807, 2.05) is 30.3 Å². The van der Waals surface area contributed by atoms with Crippen LogP contribution in [-0.2, 0) is 0 Å². The average molecular weight is 254 g/mol. The highest BCUT2D eigenvalue weighted by molar-refractivity contribution is 5.54. The molecule has 0 spiro atoms. The fourth-order valence-corrected chi connectivity index (χ4v) is 3.88. The number of nitrogens with one attached hydrogen (secondary N) is 1. The standard InChI is InChI=1S/C15H18N4/c16-13-11-7-6-10(8-11)12(13)15-17-14(18-19-15)9-4-2-1-3-5-9/h1-5,10-13H,6-8,16H2,(H,17,18,19). The van der Waals surface area contributed by atoms with E-state index in [1.165, 1.54) is 19.3 Å². The molecule has 4 atom stereocenters. The fraction of sp³-hybridized carbons (Fsp3) is 0.467. The van der Waals surface area contributed by atoms with Gasteiger partial charge >= 0.3 is 0 Å². The van der Waals surface area contributed by atoms with Crippen molar-refractivity contribution in [3.63, 3.8) is 0 Å². The molecule has 3 N–H and O–H groups in total. The molecule has 4 rings (SSSR count). The molecule has 1 aromatic heterocycles. The number of aromatic amines is 1. The van der Waals surface area contributed by atoms with E-state index in [0.717, 1.165) is 17.2 Å². The summed E-state index contributed by atoms with van der Waals surface area (Å²) in [6.45, 7) is 0. The molecule has 4 heteroatoms. The number of hydrogen-bond acceptors (Lipinski definition) is 3. The number of H-pyrrole nitrogens is 1. The number of rotatable bonds is 2. The largest absolute Gasteiger partial charge is 0.327 e. The third kappa shape index (κ3) is 1.70. The second kappa shape index (κ2) is 4.17. The van der Waals surface area contributed by atoms with Gasteiger partial charge in [-0.15, -0.1) is 0 Å². The van der Waals surface area contributed by atoms with Gasteiger partial charge in [-0.1, -0.05) is 30.3 Å². The van der Waals surface area contributed by atoms with Crippen LogP contribution in [0.3, 0.4) is 0 Å². The minimum absolute atomic E-state index is 0.260. The molecule has 2 bridgehead atoms. The maximum atomic E-state index is 6.36. The van der Waals surface area contributed by atoms with Crippen molar-refractivity contribution in [1.82, 2.24) is 15.2 Å². The lowest BCUT2D eigenvalue weighted by Crippen LogP contribution is -2.34. The molecule has 2 saturated carbocycles. The molecule has 2 aliphatic carbocycles. The van der Waals surface area contributed by atoms with Crippen LogP contribution in [0.1, 0.15) is 31.0 Å². The highest BCUT2D eigenvalue weighted by Crippen LogP contribution is 2.51. The number of aromatic nitrogens is 3. The van der Waals surface area contributed by atoms with Gasteiger partial charge in [-0.25, -0.2) is 4.98 Å². The van der Waals surface area contributed by atoms with Crippen molar-refractivity contribution in [2.45, 2.75) is 31.2 Å². The van der Waals surface area contributed by atoms with Gasteiger partial charge in [0.25, 0.3) is 0 Å². The minimum atomic E-state index is 0.260. The van der Waals surface area contributed by atoms with Crippen molar-refractivity contribution in [2.24, 2.45) is 17.6 Å². The lowest BCUT2D eigenvalue weighted by molar-refractivity contribution is 0.355. The Labute approximate surface area is 112 Å². The van der Waals surface area contributed by atoms with E-state index in [2.05, 4.69) is 15.2 Å².